The zero-order chi connectivity index (χ0) is 24.4. The summed E-state index contributed by atoms with van der Waals surface area (Å²) >= 11 is 0. The molecule has 10 nitrogen and oxygen atoms in total. The van der Waals surface area contributed by atoms with Crippen molar-refractivity contribution >= 4 is 40.5 Å². The van der Waals surface area contributed by atoms with E-state index in [0.29, 0.717) is 28.4 Å². The van der Waals surface area contributed by atoms with Crippen LogP contribution in [0.1, 0.15) is 22.8 Å². The number of carbonyl (C=O) groups excluding carboxylic acids is 3. The van der Waals surface area contributed by atoms with Crippen molar-refractivity contribution < 1.29 is 33.7 Å². The second-order valence-electron chi connectivity index (χ2n) is 6.60. The summed E-state index contributed by atoms with van der Waals surface area (Å²) in [4.78, 5) is 36.6. The first-order valence-electron chi connectivity index (χ1n) is 9.75. The second kappa shape index (κ2) is 12.0. The minimum Gasteiger partial charge on any atom is -0.497 e. The molecule has 0 aliphatic heterocycles. The fourth-order valence-corrected chi connectivity index (χ4v) is 2.60. The first-order chi connectivity index (χ1) is 15.8. The average molecular weight is 455 g/mol. The molecule has 0 atom stereocenters. The van der Waals surface area contributed by atoms with E-state index in [1.165, 1.54) is 33.3 Å². The van der Waals surface area contributed by atoms with Crippen LogP contribution >= 0.6 is 0 Å². The van der Waals surface area contributed by atoms with Crippen LogP contribution in [0.15, 0.2) is 54.1 Å². The Hall–Kier alpha value is -4.18. The zero-order valence-corrected chi connectivity index (χ0v) is 18.5. The summed E-state index contributed by atoms with van der Waals surface area (Å²) in [5.74, 6) is -1.09. The lowest BCUT2D eigenvalue weighted by atomic mass is 10.1. The highest BCUT2D eigenvalue weighted by atomic mass is 16.5. The highest BCUT2D eigenvalue weighted by Gasteiger charge is 2.18. The smallest absolute Gasteiger partial charge is 0.337 e. The summed E-state index contributed by atoms with van der Waals surface area (Å²) in [6.45, 7) is 4.99. The molecule has 3 N–H and O–H groups in total. The van der Waals surface area contributed by atoms with Crippen LogP contribution in [0.4, 0.5) is 11.4 Å². The number of ketones is 1. The van der Waals surface area contributed by atoms with Gasteiger partial charge in [-0.15, -0.1) is 0 Å². The molecule has 0 bridgehead atoms. The lowest BCUT2D eigenvalue weighted by molar-refractivity contribution is -0.114. The third-order valence-corrected chi connectivity index (χ3v) is 4.24. The molecule has 0 aromatic heterocycles. The Kier molecular flexibility index (Phi) is 9.13. The molecule has 0 heterocycles. The number of nitrogens with zero attached hydrogens (tertiary/aromatic N) is 1. The topological polar surface area (TPSA) is 136 Å². The number of ether oxygens (including phenoxy) is 3. The number of aliphatic hydroxyl groups excluding tert-OH is 1. The minimum absolute atomic E-state index is 0.118. The van der Waals surface area contributed by atoms with E-state index in [0.717, 1.165) is 0 Å². The fraction of sp³-hybridized carbons (Fsp3) is 0.217. The molecule has 0 fully saturated rings. The van der Waals surface area contributed by atoms with Gasteiger partial charge in [0.1, 0.15) is 18.1 Å². The molecule has 1 amide bonds. The van der Waals surface area contributed by atoms with Crippen molar-refractivity contribution in [2.24, 2.45) is 5.10 Å². The summed E-state index contributed by atoms with van der Waals surface area (Å²) in [6.07, 6.45) is 0. The summed E-state index contributed by atoms with van der Waals surface area (Å²) in [7, 11) is 2.68. The van der Waals surface area contributed by atoms with Gasteiger partial charge in [0.15, 0.2) is 11.5 Å². The Balaban J connectivity index is 2.23. The molecule has 2 aromatic carbocycles. The maximum atomic E-state index is 12.6. The Morgan fingerprint density at radius 3 is 2.24 bits per heavy atom. The summed E-state index contributed by atoms with van der Waals surface area (Å²) < 4.78 is 15.1. The van der Waals surface area contributed by atoms with Crippen molar-refractivity contribution in [2.45, 2.75) is 6.92 Å². The van der Waals surface area contributed by atoms with Crippen molar-refractivity contribution in [3.8, 4) is 5.75 Å². The molecular formula is C23H25N3O7. The van der Waals surface area contributed by atoms with Gasteiger partial charge in [-0.1, -0.05) is 6.58 Å². The number of Topliss-reactive ketones (excluding diaryl/α,β-unsaturated/α-hetero) is 1. The van der Waals surface area contributed by atoms with Gasteiger partial charge in [-0.2, -0.15) is 5.10 Å². The van der Waals surface area contributed by atoms with Crippen LogP contribution in [-0.4, -0.2) is 55.9 Å². The van der Waals surface area contributed by atoms with Crippen molar-refractivity contribution in [2.75, 3.05) is 38.2 Å². The number of hydrazone groups is 1. The van der Waals surface area contributed by atoms with E-state index in [1.807, 2.05) is 0 Å². The molecule has 0 saturated heterocycles. The van der Waals surface area contributed by atoms with E-state index in [1.54, 1.807) is 30.3 Å². The third-order valence-electron chi connectivity index (χ3n) is 4.24. The first kappa shape index (κ1) is 25.1. The van der Waals surface area contributed by atoms with Gasteiger partial charge in [0.2, 0.25) is 0 Å². The van der Waals surface area contributed by atoms with E-state index in [4.69, 9.17) is 19.3 Å². The fourth-order valence-electron chi connectivity index (χ4n) is 2.60. The standard InChI is InChI=1S/C23H25N3O7/c1-14(28)21(22(29)24-18-5-7-20(8-6-18)33-10-9-27)26-25-19-12-16(15(2)31-3)11-17(13-19)23(30)32-4/h5-8,11-13,25,27H,2,9-10H2,1,3-4H3,(H,24,29)/b26-21-. The zero-order valence-electron chi connectivity index (χ0n) is 18.5. The van der Waals surface area contributed by atoms with Crippen LogP contribution in [0.2, 0.25) is 0 Å². The quantitative estimate of drug-likeness (QED) is 0.155. The van der Waals surface area contributed by atoms with Gasteiger partial charge in [0.25, 0.3) is 5.91 Å². The number of hydrogen-bond acceptors (Lipinski definition) is 9. The van der Waals surface area contributed by atoms with Crippen LogP contribution in [0.3, 0.4) is 0 Å². The van der Waals surface area contributed by atoms with E-state index >= 15 is 0 Å². The number of hydrogen-bond donors (Lipinski definition) is 3. The summed E-state index contributed by atoms with van der Waals surface area (Å²) in [6, 6.07) is 10.9. The van der Waals surface area contributed by atoms with E-state index < -0.39 is 17.7 Å². The third kappa shape index (κ3) is 7.18. The summed E-state index contributed by atoms with van der Waals surface area (Å²) in [5, 5.41) is 15.3. The van der Waals surface area contributed by atoms with Crippen molar-refractivity contribution in [3.63, 3.8) is 0 Å². The number of esters is 1. The maximum absolute atomic E-state index is 12.6. The van der Waals surface area contributed by atoms with Gasteiger partial charge >= 0.3 is 5.97 Å². The molecule has 2 rings (SSSR count). The SMILES string of the molecule is C=C(OC)c1cc(N/N=C(/C(C)=O)C(=O)Nc2ccc(OCCO)cc2)cc(C(=O)OC)c1. The molecule has 0 aliphatic rings. The monoisotopic (exact) mass is 455 g/mol. The van der Waals surface area contributed by atoms with Crippen molar-refractivity contribution in [1.29, 1.82) is 0 Å². The molecular weight excluding hydrogens is 430 g/mol. The number of methoxy groups -OCH3 is 2. The Bertz CT molecular complexity index is 1030. The molecule has 0 radical (unpaired) electrons. The van der Waals surface area contributed by atoms with Crippen molar-refractivity contribution in [3.05, 3.63) is 60.2 Å². The number of anilines is 2. The van der Waals surface area contributed by atoms with Crippen molar-refractivity contribution in [1.82, 2.24) is 0 Å². The number of rotatable bonds is 11. The van der Waals surface area contributed by atoms with Crippen LogP contribution < -0.4 is 15.5 Å². The first-order valence-corrected chi connectivity index (χ1v) is 9.75. The normalized spacial score (nSPS) is 10.7. The van der Waals surface area contributed by atoms with Gasteiger partial charge in [0, 0.05) is 18.2 Å². The molecule has 33 heavy (non-hydrogen) atoms. The predicted molar refractivity (Wildman–Crippen MR) is 123 cm³/mol. The van der Waals surface area contributed by atoms with E-state index in [2.05, 4.69) is 22.4 Å². The minimum atomic E-state index is -0.732. The number of amides is 1. The molecule has 174 valence electrons. The molecule has 0 aliphatic carbocycles. The average Bonchev–Trinajstić information content (AvgIpc) is 2.82. The molecule has 10 heteroatoms. The van der Waals surface area contributed by atoms with Gasteiger partial charge in [-0.05, 0) is 42.5 Å². The Labute approximate surface area is 190 Å². The Morgan fingerprint density at radius 2 is 1.67 bits per heavy atom. The lowest BCUT2D eigenvalue weighted by Crippen LogP contribution is -2.29. The number of nitrogens with one attached hydrogen (secondary N) is 2. The maximum Gasteiger partial charge on any atom is 0.337 e. The predicted octanol–water partition coefficient (Wildman–Crippen LogP) is 2.46. The molecule has 0 spiro atoms. The van der Waals surface area contributed by atoms with Gasteiger partial charge in [-0.3, -0.25) is 15.0 Å². The molecule has 0 saturated carbocycles. The number of benzene rings is 2. The van der Waals surface area contributed by atoms with E-state index in [-0.39, 0.29) is 24.5 Å². The highest BCUT2D eigenvalue weighted by molar-refractivity contribution is 6.67. The van der Waals surface area contributed by atoms with Crippen LogP contribution in [-0.2, 0) is 19.1 Å². The van der Waals surface area contributed by atoms with Crippen LogP contribution in [0, 0.1) is 0 Å². The van der Waals surface area contributed by atoms with E-state index in [9.17, 15) is 14.4 Å². The Morgan fingerprint density at radius 1 is 1.00 bits per heavy atom. The van der Waals surface area contributed by atoms with Gasteiger partial charge < -0.3 is 24.6 Å². The summed E-state index contributed by atoms with van der Waals surface area (Å²) in [5.41, 5.74) is 3.64. The lowest BCUT2D eigenvalue weighted by Gasteiger charge is -2.11. The van der Waals surface area contributed by atoms with Crippen LogP contribution in [0.5, 0.6) is 5.75 Å². The van der Waals surface area contributed by atoms with Crippen LogP contribution in [0.25, 0.3) is 5.76 Å². The highest BCUT2D eigenvalue weighted by Crippen LogP contribution is 2.22. The number of aliphatic hydroxyl groups is 1. The number of carbonyl (C=O) groups is 3. The molecule has 2 aromatic rings. The van der Waals surface area contributed by atoms with Gasteiger partial charge in [0.05, 0.1) is 32.1 Å². The van der Waals surface area contributed by atoms with Gasteiger partial charge in [-0.25, -0.2) is 4.79 Å². The largest absolute Gasteiger partial charge is 0.497 e. The second-order valence-corrected chi connectivity index (χ2v) is 6.60. The molecule has 0 unspecified atom stereocenters.